The number of hydrogen-bond donors (Lipinski definition) is 1. The van der Waals surface area contributed by atoms with Gasteiger partial charge >= 0.3 is 5.97 Å². The summed E-state index contributed by atoms with van der Waals surface area (Å²) in [5, 5.41) is 0. The zero-order valence-corrected chi connectivity index (χ0v) is 12.3. The molecule has 108 valence electrons. The molecule has 6 heteroatoms. The Morgan fingerprint density at radius 2 is 1.78 bits per heavy atom. The molecule has 5 nitrogen and oxygen atoms in total. The van der Waals surface area contributed by atoms with Crippen LogP contribution >= 0.6 is 11.8 Å². The van der Waals surface area contributed by atoms with E-state index >= 15 is 0 Å². The van der Waals surface area contributed by atoms with Crippen LogP contribution in [0.2, 0.25) is 0 Å². The van der Waals surface area contributed by atoms with Crippen LogP contribution < -0.4 is 5.73 Å². The minimum atomic E-state index is -0.549. The first kappa shape index (κ1) is 17.7. The highest BCUT2D eigenvalue weighted by molar-refractivity contribution is 7.99. The lowest BCUT2D eigenvalue weighted by molar-refractivity contribution is -0.144. The van der Waals surface area contributed by atoms with Gasteiger partial charge in [0, 0.05) is 25.4 Å². The highest BCUT2D eigenvalue weighted by atomic mass is 32.2. The molecule has 0 aliphatic carbocycles. The Labute approximate surface area is 114 Å². The smallest absolute Gasteiger partial charge is 0.323 e. The van der Waals surface area contributed by atoms with Crippen molar-refractivity contribution < 1.29 is 19.0 Å². The quantitative estimate of drug-likeness (QED) is 0.350. The summed E-state index contributed by atoms with van der Waals surface area (Å²) in [5.74, 6) is 1.07. The second-order valence-electron chi connectivity index (χ2n) is 3.56. The Morgan fingerprint density at radius 1 is 1.17 bits per heavy atom. The molecule has 0 saturated heterocycles. The fourth-order valence-corrected chi connectivity index (χ4v) is 2.21. The van der Waals surface area contributed by atoms with E-state index in [1.807, 2.05) is 13.8 Å². The number of hydrogen-bond acceptors (Lipinski definition) is 6. The number of carbonyl (C=O) groups is 1. The zero-order valence-electron chi connectivity index (χ0n) is 11.5. The molecule has 0 radical (unpaired) electrons. The molecule has 0 spiro atoms. The topological polar surface area (TPSA) is 70.8 Å². The maximum Gasteiger partial charge on any atom is 0.323 e. The predicted octanol–water partition coefficient (Wildman–Crippen LogP) is 1.40. The number of nitrogens with two attached hydrogens (primary N) is 1. The van der Waals surface area contributed by atoms with Crippen molar-refractivity contribution in [2.24, 2.45) is 5.73 Å². The highest BCUT2D eigenvalue weighted by Crippen LogP contribution is 2.10. The van der Waals surface area contributed by atoms with Gasteiger partial charge in [0.25, 0.3) is 0 Å². The first-order valence-electron chi connectivity index (χ1n) is 6.38. The number of carbonyl (C=O) groups excluding carboxylic acids is 1. The van der Waals surface area contributed by atoms with Gasteiger partial charge in [0.1, 0.15) is 6.04 Å². The van der Waals surface area contributed by atoms with Crippen molar-refractivity contribution >= 4 is 17.7 Å². The summed E-state index contributed by atoms with van der Waals surface area (Å²) in [6.07, 6.45) is 0.633. The lowest BCUT2D eigenvalue weighted by Crippen LogP contribution is -2.34. The molecule has 0 aromatic carbocycles. The standard InChI is InChI=1S/C12H25NO4S/c1-4-15-11(16-5-2)7-8-18-9-10(13)12(14)17-6-3/h10-11H,4-9,13H2,1-3H3. The number of rotatable bonds is 11. The Balaban J connectivity index is 3.66. The Hall–Kier alpha value is -0.300. The zero-order chi connectivity index (χ0) is 13.8. The van der Waals surface area contributed by atoms with E-state index in [4.69, 9.17) is 19.9 Å². The molecule has 0 fully saturated rings. The minimum Gasteiger partial charge on any atom is -0.465 e. The van der Waals surface area contributed by atoms with Crippen LogP contribution in [-0.2, 0) is 19.0 Å². The number of thioether (sulfide) groups is 1. The monoisotopic (exact) mass is 279 g/mol. The van der Waals surface area contributed by atoms with Gasteiger partial charge in [-0.15, -0.1) is 0 Å². The van der Waals surface area contributed by atoms with E-state index in [-0.39, 0.29) is 12.3 Å². The van der Waals surface area contributed by atoms with Crippen LogP contribution in [0, 0.1) is 0 Å². The fourth-order valence-electron chi connectivity index (χ4n) is 1.29. The molecule has 1 unspecified atom stereocenters. The third-order valence-electron chi connectivity index (χ3n) is 2.09. The molecule has 0 heterocycles. The highest BCUT2D eigenvalue weighted by Gasteiger charge is 2.15. The molecule has 0 saturated carbocycles. The second kappa shape index (κ2) is 11.8. The molecule has 0 rings (SSSR count). The molecular formula is C12H25NO4S. The van der Waals surface area contributed by atoms with Gasteiger partial charge in [-0.25, -0.2) is 0 Å². The summed E-state index contributed by atoms with van der Waals surface area (Å²) in [4.78, 5) is 11.3. The average Bonchev–Trinajstić information content (AvgIpc) is 2.35. The second-order valence-corrected chi connectivity index (χ2v) is 4.71. The summed E-state index contributed by atoms with van der Waals surface area (Å²) in [7, 11) is 0. The molecule has 0 aromatic rings. The third kappa shape index (κ3) is 8.74. The van der Waals surface area contributed by atoms with E-state index in [0.29, 0.717) is 25.6 Å². The number of esters is 1. The van der Waals surface area contributed by atoms with Gasteiger partial charge in [0.15, 0.2) is 6.29 Å². The van der Waals surface area contributed by atoms with Crippen LogP contribution in [0.4, 0.5) is 0 Å². The maximum atomic E-state index is 11.3. The lowest BCUT2D eigenvalue weighted by atomic mass is 10.4. The van der Waals surface area contributed by atoms with E-state index in [2.05, 4.69) is 0 Å². The van der Waals surface area contributed by atoms with Gasteiger partial charge in [-0.3, -0.25) is 4.79 Å². The normalized spacial score (nSPS) is 12.7. The lowest BCUT2D eigenvalue weighted by Gasteiger charge is -2.17. The van der Waals surface area contributed by atoms with E-state index in [0.717, 1.165) is 12.2 Å². The Kier molecular flexibility index (Phi) is 11.6. The maximum absolute atomic E-state index is 11.3. The molecule has 0 bridgehead atoms. The van der Waals surface area contributed by atoms with Crippen LogP contribution in [0.3, 0.4) is 0 Å². The molecule has 0 amide bonds. The summed E-state index contributed by atoms with van der Waals surface area (Å²) >= 11 is 1.61. The number of ether oxygens (including phenoxy) is 3. The molecule has 1 atom stereocenters. The van der Waals surface area contributed by atoms with E-state index < -0.39 is 6.04 Å². The van der Waals surface area contributed by atoms with Crippen molar-refractivity contribution in [3.63, 3.8) is 0 Å². The SMILES string of the molecule is CCOC(=O)C(N)CSCCC(OCC)OCC. The van der Waals surface area contributed by atoms with Crippen LogP contribution in [0.15, 0.2) is 0 Å². The van der Waals surface area contributed by atoms with E-state index in [1.54, 1.807) is 18.7 Å². The summed E-state index contributed by atoms with van der Waals surface area (Å²) < 4.78 is 15.7. The van der Waals surface area contributed by atoms with E-state index in [1.165, 1.54) is 0 Å². The van der Waals surface area contributed by atoms with Crippen molar-refractivity contribution in [2.75, 3.05) is 31.3 Å². The van der Waals surface area contributed by atoms with Crippen molar-refractivity contribution in [2.45, 2.75) is 39.5 Å². The van der Waals surface area contributed by atoms with Gasteiger partial charge in [-0.1, -0.05) is 0 Å². The molecule has 0 aliphatic heterocycles. The van der Waals surface area contributed by atoms with Gasteiger partial charge in [0.05, 0.1) is 6.61 Å². The van der Waals surface area contributed by atoms with Crippen molar-refractivity contribution in [3.05, 3.63) is 0 Å². The van der Waals surface area contributed by atoms with E-state index in [9.17, 15) is 4.79 Å². The Bertz CT molecular complexity index is 210. The fraction of sp³-hybridized carbons (Fsp3) is 0.917. The first-order chi connectivity index (χ1) is 8.65. The van der Waals surface area contributed by atoms with Crippen LogP contribution in [-0.4, -0.2) is 49.6 Å². The third-order valence-corrected chi connectivity index (χ3v) is 3.21. The van der Waals surface area contributed by atoms with Gasteiger partial charge < -0.3 is 19.9 Å². The average molecular weight is 279 g/mol. The summed E-state index contributed by atoms with van der Waals surface area (Å²) in [5.41, 5.74) is 5.68. The molecular weight excluding hydrogens is 254 g/mol. The van der Waals surface area contributed by atoms with Crippen molar-refractivity contribution in [3.8, 4) is 0 Å². The molecule has 18 heavy (non-hydrogen) atoms. The largest absolute Gasteiger partial charge is 0.465 e. The summed E-state index contributed by atoms with van der Waals surface area (Å²) in [6.45, 7) is 7.29. The van der Waals surface area contributed by atoms with Gasteiger partial charge in [-0.05, 0) is 26.5 Å². The van der Waals surface area contributed by atoms with Gasteiger partial charge in [0.2, 0.25) is 0 Å². The van der Waals surface area contributed by atoms with Crippen molar-refractivity contribution in [1.29, 1.82) is 0 Å². The van der Waals surface area contributed by atoms with Crippen molar-refractivity contribution in [1.82, 2.24) is 0 Å². The molecule has 0 aliphatic rings. The minimum absolute atomic E-state index is 0.161. The Morgan fingerprint density at radius 3 is 2.28 bits per heavy atom. The van der Waals surface area contributed by atoms with Crippen LogP contribution in [0.25, 0.3) is 0 Å². The van der Waals surface area contributed by atoms with Gasteiger partial charge in [-0.2, -0.15) is 11.8 Å². The first-order valence-corrected chi connectivity index (χ1v) is 7.54. The molecule has 0 aromatic heterocycles. The molecule has 2 N–H and O–H groups in total. The van der Waals surface area contributed by atoms with Crippen LogP contribution in [0.1, 0.15) is 27.2 Å². The predicted molar refractivity (Wildman–Crippen MR) is 73.6 cm³/mol. The van der Waals surface area contributed by atoms with Crippen LogP contribution in [0.5, 0.6) is 0 Å². The summed E-state index contributed by atoms with van der Waals surface area (Å²) in [6, 6.07) is -0.549.